The molecule has 0 unspecified atom stereocenters. The van der Waals surface area contributed by atoms with Gasteiger partial charge in [-0.2, -0.15) is 0 Å². The van der Waals surface area contributed by atoms with Crippen LogP contribution < -0.4 is 9.62 Å². The van der Waals surface area contributed by atoms with Crippen LogP contribution in [0.15, 0.2) is 24.3 Å². The molecule has 0 aliphatic carbocycles. The van der Waals surface area contributed by atoms with Crippen LogP contribution in [-0.2, 0) is 19.6 Å². The van der Waals surface area contributed by atoms with Crippen LogP contribution in [0, 0.1) is 0 Å². The monoisotopic (exact) mass is 353 g/mol. The van der Waals surface area contributed by atoms with E-state index in [2.05, 4.69) is 5.32 Å². The molecule has 1 N–H and O–H groups in total. The largest absolute Gasteiger partial charge is 0.341 e. The number of nitrogens with one attached hydrogen (secondary N) is 1. The van der Waals surface area contributed by atoms with E-state index in [0.717, 1.165) is 29.8 Å². The first-order valence-corrected chi connectivity index (χ1v) is 9.75. The molecule has 2 amide bonds. The second-order valence-electron chi connectivity index (χ2n) is 5.94. The van der Waals surface area contributed by atoms with Gasteiger partial charge in [-0.3, -0.25) is 13.9 Å². The van der Waals surface area contributed by atoms with Crippen LogP contribution in [-0.4, -0.2) is 51.0 Å². The van der Waals surface area contributed by atoms with Gasteiger partial charge in [0.25, 0.3) is 0 Å². The van der Waals surface area contributed by atoms with E-state index in [0.29, 0.717) is 24.5 Å². The van der Waals surface area contributed by atoms with Gasteiger partial charge >= 0.3 is 0 Å². The molecule has 0 radical (unpaired) electrons. The maximum Gasteiger partial charge on any atom is 0.243 e. The molecule has 1 aliphatic heterocycles. The van der Waals surface area contributed by atoms with Gasteiger partial charge in [0, 0.05) is 25.7 Å². The minimum absolute atomic E-state index is 0.204. The summed E-state index contributed by atoms with van der Waals surface area (Å²) in [4.78, 5) is 25.3. The van der Waals surface area contributed by atoms with E-state index in [1.165, 1.54) is 6.92 Å². The molecule has 0 aromatic heterocycles. The molecule has 0 atom stereocenters. The van der Waals surface area contributed by atoms with E-state index in [1.807, 2.05) is 0 Å². The number of carbonyl (C=O) groups excluding carboxylic acids is 2. The van der Waals surface area contributed by atoms with Crippen LogP contribution in [0.2, 0.25) is 0 Å². The summed E-state index contributed by atoms with van der Waals surface area (Å²) in [6.07, 6.45) is 4.06. The molecule has 132 valence electrons. The topological polar surface area (TPSA) is 86.8 Å². The average Bonchev–Trinajstić information content (AvgIpc) is 2.51. The fraction of sp³-hybridized carbons (Fsp3) is 0.500. The highest BCUT2D eigenvalue weighted by molar-refractivity contribution is 7.92. The second-order valence-corrected chi connectivity index (χ2v) is 7.85. The van der Waals surface area contributed by atoms with E-state index in [1.54, 1.807) is 29.2 Å². The highest BCUT2D eigenvalue weighted by Crippen LogP contribution is 2.22. The smallest absolute Gasteiger partial charge is 0.243 e. The number of hydrogen-bond donors (Lipinski definition) is 1. The Morgan fingerprint density at radius 1 is 1.21 bits per heavy atom. The molecule has 7 nitrogen and oxygen atoms in total. The van der Waals surface area contributed by atoms with Gasteiger partial charge in [-0.15, -0.1) is 0 Å². The number of rotatable bonds is 5. The number of amides is 2. The van der Waals surface area contributed by atoms with Crippen LogP contribution in [0.25, 0.3) is 0 Å². The van der Waals surface area contributed by atoms with Crippen molar-refractivity contribution in [2.75, 3.05) is 35.5 Å². The van der Waals surface area contributed by atoms with Crippen molar-refractivity contribution >= 4 is 33.2 Å². The predicted octanol–water partition coefficient (Wildman–Crippen LogP) is 1.42. The SMILES string of the molecule is CC(=O)Nc1cccc(N(CC(=O)N2CCCCC2)S(C)(=O)=O)c1. The van der Waals surface area contributed by atoms with Crippen molar-refractivity contribution in [1.29, 1.82) is 0 Å². The molecule has 1 fully saturated rings. The van der Waals surface area contributed by atoms with Gasteiger partial charge in [-0.05, 0) is 37.5 Å². The summed E-state index contributed by atoms with van der Waals surface area (Å²) in [7, 11) is -3.62. The number of benzene rings is 1. The van der Waals surface area contributed by atoms with Crippen LogP contribution in [0.3, 0.4) is 0 Å². The Balaban J connectivity index is 2.22. The Bertz CT molecular complexity index is 712. The first kappa shape index (κ1) is 18.3. The lowest BCUT2D eigenvalue weighted by molar-refractivity contribution is -0.130. The Hall–Kier alpha value is -2.09. The highest BCUT2D eigenvalue weighted by Gasteiger charge is 2.25. The average molecular weight is 353 g/mol. The summed E-state index contributed by atoms with van der Waals surface area (Å²) >= 11 is 0. The standard InChI is InChI=1S/C16H23N3O4S/c1-13(20)17-14-7-6-8-15(11-14)19(24(2,22)23)12-16(21)18-9-4-3-5-10-18/h6-8,11H,3-5,9-10,12H2,1-2H3,(H,17,20). The summed E-state index contributed by atoms with van der Waals surface area (Å²) in [5.74, 6) is -0.451. The fourth-order valence-electron chi connectivity index (χ4n) is 2.71. The third-order valence-electron chi connectivity index (χ3n) is 3.84. The van der Waals surface area contributed by atoms with Crippen LogP contribution >= 0.6 is 0 Å². The molecule has 1 heterocycles. The molecule has 2 rings (SSSR count). The van der Waals surface area contributed by atoms with E-state index < -0.39 is 10.0 Å². The van der Waals surface area contributed by atoms with E-state index >= 15 is 0 Å². The normalized spacial score (nSPS) is 15.0. The molecular formula is C16H23N3O4S. The lowest BCUT2D eigenvalue weighted by Gasteiger charge is -2.30. The van der Waals surface area contributed by atoms with E-state index in [9.17, 15) is 18.0 Å². The molecule has 1 aliphatic rings. The van der Waals surface area contributed by atoms with E-state index in [-0.39, 0.29) is 18.4 Å². The Morgan fingerprint density at radius 2 is 1.88 bits per heavy atom. The quantitative estimate of drug-likeness (QED) is 0.867. The molecule has 8 heteroatoms. The van der Waals surface area contributed by atoms with Crippen molar-refractivity contribution in [2.24, 2.45) is 0 Å². The minimum Gasteiger partial charge on any atom is -0.341 e. The number of likely N-dealkylation sites (tertiary alicyclic amines) is 1. The van der Waals surface area contributed by atoms with Crippen molar-refractivity contribution in [1.82, 2.24) is 4.90 Å². The van der Waals surface area contributed by atoms with Gasteiger partial charge in [0.2, 0.25) is 21.8 Å². The Morgan fingerprint density at radius 3 is 2.46 bits per heavy atom. The number of hydrogen-bond acceptors (Lipinski definition) is 4. The summed E-state index contributed by atoms with van der Waals surface area (Å²) in [5, 5.41) is 2.61. The zero-order chi connectivity index (χ0) is 17.7. The van der Waals surface area contributed by atoms with Gasteiger partial charge in [-0.25, -0.2) is 8.42 Å². The third kappa shape index (κ3) is 4.95. The van der Waals surface area contributed by atoms with Crippen molar-refractivity contribution in [3.63, 3.8) is 0 Å². The molecular weight excluding hydrogens is 330 g/mol. The van der Waals surface area contributed by atoms with Crippen molar-refractivity contribution in [3.05, 3.63) is 24.3 Å². The van der Waals surface area contributed by atoms with Gasteiger partial charge in [0.15, 0.2) is 0 Å². The molecule has 0 spiro atoms. The highest BCUT2D eigenvalue weighted by atomic mass is 32.2. The van der Waals surface area contributed by atoms with Crippen molar-refractivity contribution in [3.8, 4) is 0 Å². The number of sulfonamides is 1. The summed E-state index contributed by atoms with van der Waals surface area (Å²) in [5.41, 5.74) is 0.841. The van der Waals surface area contributed by atoms with Crippen LogP contribution in [0.5, 0.6) is 0 Å². The van der Waals surface area contributed by atoms with Gasteiger partial charge in [0.1, 0.15) is 6.54 Å². The third-order valence-corrected chi connectivity index (χ3v) is 4.98. The lowest BCUT2D eigenvalue weighted by Crippen LogP contribution is -2.44. The molecule has 1 aromatic carbocycles. The molecule has 0 bridgehead atoms. The molecule has 24 heavy (non-hydrogen) atoms. The molecule has 0 saturated carbocycles. The minimum atomic E-state index is -3.62. The number of anilines is 2. The zero-order valence-corrected chi connectivity index (χ0v) is 14.8. The number of carbonyl (C=O) groups is 2. The number of nitrogens with zero attached hydrogens (tertiary/aromatic N) is 2. The second kappa shape index (κ2) is 7.65. The van der Waals surface area contributed by atoms with Gasteiger partial charge < -0.3 is 10.2 Å². The summed E-state index contributed by atoms with van der Waals surface area (Å²) in [6.45, 7) is 2.48. The molecule has 1 aromatic rings. The van der Waals surface area contributed by atoms with Crippen molar-refractivity contribution < 1.29 is 18.0 Å². The Labute approximate surface area is 142 Å². The first-order chi connectivity index (χ1) is 11.3. The summed E-state index contributed by atoms with van der Waals surface area (Å²) < 4.78 is 25.4. The fourth-order valence-corrected chi connectivity index (χ4v) is 3.55. The van der Waals surface area contributed by atoms with Crippen LogP contribution in [0.1, 0.15) is 26.2 Å². The predicted molar refractivity (Wildman–Crippen MR) is 93.4 cm³/mol. The lowest BCUT2D eigenvalue weighted by atomic mass is 10.1. The van der Waals surface area contributed by atoms with Gasteiger partial charge in [0.05, 0.1) is 11.9 Å². The van der Waals surface area contributed by atoms with E-state index in [4.69, 9.17) is 0 Å². The van der Waals surface area contributed by atoms with Crippen molar-refractivity contribution in [2.45, 2.75) is 26.2 Å². The maximum atomic E-state index is 12.4. The maximum absolute atomic E-state index is 12.4. The first-order valence-electron chi connectivity index (χ1n) is 7.90. The Kier molecular flexibility index (Phi) is 5.82. The summed E-state index contributed by atoms with van der Waals surface area (Å²) in [6, 6.07) is 6.46. The number of piperidine rings is 1. The van der Waals surface area contributed by atoms with Crippen LogP contribution in [0.4, 0.5) is 11.4 Å². The van der Waals surface area contributed by atoms with Gasteiger partial charge in [-0.1, -0.05) is 6.07 Å². The zero-order valence-electron chi connectivity index (χ0n) is 14.0. The molecule has 1 saturated heterocycles.